The zero-order chi connectivity index (χ0) is 26.5. The van der Waals surface area contributed by atoms with Gasteiger partial charge in [-0.05, 0) is 74.1 Å². The Bertz CT molecular complexity index is 1320. The van der Waals surface area contributed by atoms with Crippen LogP contribution in [0.15, 0.2) is 65.6 Å². The van der Waals surface area contributed by atoms with Crippen molar-refractivity contribution >= 4 is 15.9 Å². The number of sulfonamides is 1. The second kappa shape index (κ2) is 11.6. The van der Waals surface area contributed by atoms with Gasteiger partial charge in [0.15, 0.2) is 11.5 Å². The van der Waals surface area contributed by atoms with Crippen LogP contribution in [-0.2, 0) is 21.2 Å². The van der Waals surface area contributed by atoms with Gasteiger partial charge in [-0.1, -0.05) is 42.5 Å². The molecule has 0 saturated carbocycles. The Hall–Kier alpha value is -3.36. The van der Waals surface area contributed by atoms with Crippen LogP contribution in [-0.4, -0.2) is 34.6 Å². The molecule has 0 unspecified atom stereocenters. The molecule has 0 bridgehead atoms. The zero-order valence-corrected chi connectivity index (χ0v) is 22.4. The Morgan fingerprint density at radius 1 is 0.861 bits per heavy atom. The fourth-order valence-corrected chi connectivity index (χ4v) is 5.33. The summed E-state index contributed by atoms with van der Waals surface area (Å²) in [5.41, 5.74) is 5.21. The molecule has 3 aromatic rings. The number of nitrogens with one attached hydrogen (secondary N) is 2. The smallest absolute Gasteiger partial charge is 0.241 e. The van der Waals surface area contributed by atoms with Crippen molar-refractivity contribution in [3.63, 3.8) is 0 Å². The van der Waals surface area contributed by atoms with E-state index in [2.05, 4.69) is 22.2 Å². The van der Waals surface area contributed by atoms with Gasteiger partial charge in [0.05, 0.1) is 25.2 Å². The molecular weight excluding hydrogens is 476 g/mol. The SMILES string of the molecule is COc1ccc(S(=O)(=O)N[C@H](Cc2ccccc2)C(=O)N[C@@H](C)c2cc(C)c(C)cc2C)cc1OC. The topological polar surface area (TPSA) is 93.7 Å². The molecule has 2 atom stereocenters. The van der Waals surface area contributed by atoms with Crippen molar-refractivity contribution in [2.45, 2.75) is 51.1 Å². The van der Waals surface area contributed by atoms with Crippen LogP contribution in [0.1, 0.15) is 40.8 Å². The molecule has 0 aliphatic rings. The zero-order valence-electron chi connectivity index (χ0n) is 21.6. The first-order valence-electron chi connectivity index (χ1n) is 11.7. The van der Waals surface area contributed by atoms with E-state index in [0.29, 0.717) is 5.75 Å². The van der Waals surface area contributed by atoms with Gasteiger partial charge in [-0.15, -0.1) is 0 Å². The first-order chi connectivity index (χ1) is 17.1. The molecule has 0 radical (unpaired) electrons. The number of amides is 1. The van der Waals surface area contributed by atoms with Crippen LogP contribution in [0.3, 0.4) is 0 Å². The Morgan fingerprint density at radius 3 is 2.14 bits per heavy atom. The molecule has 7 nitrogen and oxygen atoms in total. The predicted molar refractivity (Wildman–Crippen MR) is 141 cm³/mol. The number of rotatable bonds is 10. The lowest BCUT2D eigenvalue weighted by atomic mass is 9.96. The fourth-order valence-electron chi connectivity index (χ4n) is 4.12. The number of aryl methyl sites for hydroxylation is 3. The van der Waals surface area contributed by atoms with Crippen LogP contribution in [0.4, 0.5) is 0 Å². The molecule has 0 heterocycles. The minimum Gasteiger partial charge on any atom is -0.493 e. The Kier molecular flexibility index (Phi) is 8.76. The van der Waals surface area contributed by atoms with E-state index in [1.807, 2.05) is 58.0 Å². The number of hydrogen-bond donors (Lipinski definition) is 2. The minimum absolute atomic E-state index is 0.0240. The van der Waals surface area contributed by atoms with Crippen LogP contribution >= 0.6 is 0 Å². The van der Waals surface area contributed by atoms with E-state index in [0.717, 1.165) is 22.3 Å². The van der Waals surface area contributed by atoms with E-state index in [1.54, 1.807) is 0 Å². The first kappa shape index (κ1) is 27.2. The van der Waals surface area contributed by atoms with Gasteiger partial charge in [-0.3, -0.25) is 4.79 Å². The summed E-state index contributed by atoms with van der Waals surface area (Å²) >= 11 is 0. The highest BCUT2D eigenvalue weighted by Crippen LogP contribution is 2.29. The van der Waals surface area contributed by atoms with Crippen molar-refractivity contribution in [1.82, 2.24) is 10.0 Å². The van der Waals surface area contributed by atoms with Crippen LogP contribution < -0.4 is 19.5 Å². The third-order valence-corrected chi connectivity index (χ3v) is 7.74. The van der Waals surface area contributed by atoms with Gasteiger partial charge in [0.2, 0.25) is 15.9 Å². The second-order valence-corrected chi connectivity index (χ2v) is 10.6. The molecular formula is C28H34N2O5S. The maximum Gasteiger partial charge on any atom is 0.241 e. The second-order valence-electron chi connectivity index (χ2n) is 8.90. The Balaban J connectivity index is 1.90. The maximum atomic E-state index is 13.4. The van der Waals surface area contributed by atoms with Crippen molar-refractivity contribution in [2.75, 3.05) is 14.2 Å². The molecule has 3 aromatic carbocycles. The summed E-state index contributed by atoms with van der Waals surface area (Å²) in [5.74, 6) is 0.281. The predicted octanol–water partition coefficient (Wildman–Crippen LogP) is 4.40. The molecule has 36 heavy (non-hydrogen) atoms. The third kappa shape index (κ3) is 6.44. The van der Waals surface area contributed by atoms with Gasteiger partial charge in [0.1, 0.15) is 6.04 Å². The van der Waals surface area contributed by atoms with Crippen molar-refractivity contribution in [2.24, 2.45) is 0 Å². The fraction of sp³-hybridized carbons (Fsp3) is 0.321. The summed E-state index contributed by atoms with van der Waals surface area (Å²) < 4.78 is 39.7. The molecule has 0 spiro atoms. The van der Waals surface area contributed by atoms with Gasteiger partial charge >= 0.3 is 0 Å². The van der Waals surface area contributed by atoms with Crippen LogP contribution in [0.5, 0.6) is 11.5 Å². The number of hydrogen-bond acceptors (Lipinski definition) is 5. The van der Waals surface area contributed by atoms with Crippen LogP contribution in [0, 0.1) is 20.8 Å². The molecule has 0 aliphatic heterocycles. The molecule has 192 valence electrons. The molecule has 0 fully saturated rings. The quantitative estimate of drug-likeness (QED) is 0.422. The van der Waals surface area contributed by atoms with Crippen molar-refractivity contribution in [3.05, 3.63) is 88.5 Å². The van der Waals surface area contributed by atoms with Crippen LogP contribution in [0.2, 0.25) is 0 Å². The molecule has 3 rings (SSSR count). The Labute approximate surface area is 213 Å². The van der Waals surface area contributed by atoms with Gasteiger partial charge in [-0.2, -0.15) is 4.72 Å². The minimum atomic E-state index is -4.05. The molecule has 0 aromatic heterocycles. The molecule has 0 saturated heterocycles. The number of carbonyl (C=O) groups is 1. The van der Waals surface area contributed by atoms with E-state index in [4.69, 9.17) is 9.47 Å². The molecule has 8 heteroatoms. The van der Waals surface area contributed by atoms with Gasteiger partial charge in [0, 0.05) is 6.07 Å². The first-order valence-corrected chi connectivity index (χ1v) is 13.2. The summed E-state index contributed by atoms with van der Waals surface area (Å²) in [4.78, 5) is 13.4. The number of methoxy groups -OCH3 is 2. The van der Waals surface area contributed by atoms with Gasteiger partial charge in [-0.25, -0.2) is 8.42 Å². The van der Waals surface area contributed by atoms with E-state index < -0.39 is 22.0 Å². The molecule has 2 N–H and O–H groups in total. The summed E-state index contributed by atoms with van der Waals surface area (Å²) in [5, 5.41) is 3.01. The highest BCUT2D eigenvalue weighted by atomic mass is 32.2. The van der Waals surface area contributed by atoms with Crippen molar-refractivity contribution < 1.29 is 22.7 Å². The average Bonchev–Trinajstić information content (AvgIpc) is 2.85. The number of carbonyl (C=O) groups excluding carboxylic acids is 1. The highest BCUT2D eigenvalue weighted by molar-refractivity contribution is 7.89. The summed E-state index contributed by atoms with van der Waals surface area (Å²) in [6.07, 6.45) is 0.192. The van der Waals surface area contributed by atoms with E-state index in [1.165, 1.54) is 38.0 Å². The van der Waals surface area contributed by atoms with E-state index in [9.17, 15) is 13.2 Å². The highest BCUT2D eigenvalue weighted by Gasteiger charge is 2.28. The largest absolute Gasteiger partial charge is 0.493 e. The van der Waals surface area contributed by atoms with E-state index >= 15 is 0 Å². The maximum absolute atomic E-state index is 13.4. The Morgan fingerprint density at radius 2 is 1.50 bits per heavy atom. The molecule has 0 aliphatic carbocycles. The summed E-state index contributed by atoms with van der Waals surface area (Å²) in [6.45, 7) is 7.99. The third-order valence-electron chi connectivity index (χ3n) is 6.27. The van der Waals surface area contributed by atoms with Crippen molar-refractivity contribution in [1.29, 1.82) is 0 Å². The van der Waals surface area contributed by atoms with Gasteiger partial charge < -0.3 is 14.8 Å². The van der Waals surface area contributed by atoms with Crippen molar-refractivity contribution in [3.8, 4) is 11.5 Å². The lowest BCUT2D eigenvalue weighted by molar-refractivity contribution is -0.123. The molecule has 1 amide bonds. The number of ether oxygens (including phenoxy) is 2. The average molecular weight is 511 g/mol. The van der Waals surface area contributed by atoms with E-state index in [-0.39, 0.29) is 23.1 Å². The summed E-state index contributed by atoms with van der Waals surface area (Å²) in [7, 11) is -1.14. The lowest BCUT2D eigenvalue weighted by Gasteiger charge is -2.23. The standard InChI is InChI=1S/C28H34N2O5S/c1-18-14-20(3)24(15-19(18)2)21(4)29-28(31)25(16-22-10-8-7-9-11-22)30-36(32,33)23-12-13-26(34-5)27(17-23)35-6/h7-15,17,21,25,30H,16H2,1-6H3,(H,29,31)/t21-,25+/m0/s1. The number of benzene rings is 3. The monoisotopic (exact) mass is 510 g/mol. The van der Waals surface area contributed by atoms with Crippen LogP contribution in [0.25, 0.3) is 0 Å². The normalized spacial score (nSPS) is 13.1. The lowest BCUT2D eigenvalue weighted by Crippen LogP contribution is -2.48. The summed E-state index contributed by atoms with van der Waals surface area (Å²) in [6, 6.07) is 16.4. The van der Waals surface area contributed by atoms with Gasteiger partial charge in [0.25, 0.3) is 0 Å².